The molecule has 0 atom stereocenters. The summed E-state index contributed by atoms with van der Waals surface area (Å²) in [5, 5.41) is 10.0. The predicted molar refractivity (Wildman–Crippen MR) is 95.2 cm³/mol. The highest BCUT2D eigenvalue weighted by molar-refractivity contribution is 5.93. The normalized spacial score (nSPS) is 14.8. The molecule has 0 aliphatic carbocycles. The average Bonchev–Trinajstić information content (AvgIpc) is 3.32. The quantitative estimate of drug-likeness (QED) is 0.567. The Hall–Kier alpha value is -2.95. The van der Waals surface area contributed by atoms with E-state index in [1.54, 1.807) is 0 Å². The molecule has 0 saturated carbocycles. The predicted octanol–water partition coefficient (Wildman–Crippen LogP) is 3.54. The van der Waals surface area contributed by atoms with Gasteiger partial charge in [0.15, 0.2) is 11.5 Å². The molecule has 24 heavy (non-hydrogen) atoms. The minimum absolute atomic E-state index is 0.853. The first-order chi connectivity index (χ1) is 11.9. The SMILES string of the molecule is c1ccc(-c2nnc3c4ccccc4nc(N4CCCC4)n23)cc1. The van der Waals surface area contributed by atoms with Gasteiger partial charge in [0.1, 0.15) is 0 Å². The summed E-state index contributed by atoms with van der Waals surface area (Å²) < 4.78 is 2.11. The summed E-state index contributed by atoms with van der Waals surface area (Å²) in [5.41, 5.74) is 2.91. The monoisotopic (exact) mass is 315 g/mol. The number of aromatic nitrogens is 4. The van der Waals surface area contributed by atoms with Crippen LogP contribution in [-0.2, 0) is 0 Å². The van der Waals surface area contributed by atoms with Crippen LogP contribution in [-0.4, -0.2) is 32.7 Å². The Morgan fingerprint density at radius 2 is 1.54 bits per heavy atom. The second kappa shape index (κ2) is 5.30. The third kappa shape index (κ3) is 1.98. The van der Waals surface area contributed by atoms with Crippen molar-refractivity contribution in [3.63, 3.8) is 0 Å². The number of benzene rings is 2. The number of rotatable bonds is 2. The van der Waals surface area contributed by atoms with Gasteiger partial charge in [0.25, 0.3) is 0 Å². The molecule has 0 radical (unpaired) electrons. The highest BCUT2D eigenvalue weighted by atomic mass is 15.4. The van der Waals surface area contributed by atoms with E-state index in [1.165, 1.54) is 12.8 Å². The molecule has 5 nitrogen and oxygen atoms in total. The first-order valence-electron chi connectivity index (χ1n) is 8.36. The first-order valence-corrected chi connectivity index (χ1v) is 8.36. The number of fused-ring (bicyclic) bond motifs is 3. The van der Waals surface area contributed by atoms with Crippen LogP contribution in [0.1, 0.15) is 12.8 Å². The van der Waals surface area contributed by atoms with Crippen molar-refractivity contribution in [1.82, 2.24) is 19.6 Å². The van der Waals surface area contributed by atoms with Crippen molar-refractivity contribution in [1.29, 1.82) is 0 Å². The topological polar surface area (TPSA) is 46.3 Å². The lowest BCUT2D eigenvalue weighted by Crippen LogP contribution is -2.22. The van der Waals surface area contributed by atoms with Gasteiger partial charge in [0.05, 0.1) is 5.52 Å². The van der Waals surface area contributed by atoms with Gasteiger partial charge in [-0.15, -0.1) is 10.2 Å². The Bertz CT molecular complexity index is 1020. The van der Waals surface area contributed by atoms with E-state index in [2.05, 4.69) is 37.7 Å². The Morgan fingerprint density at radius 1 is 0.792 bits per heavy atom. The summed E-state index contributed by atoms with van der Waals surface area (Å²) >= 11 is 0. The molecule has 0 amide bonds. The van der Waals surface area contributed by atoms with E-state index in [9.17, 15) is 0 Å². The van der Waals surface area contributed by atoms with Crippen LogP contribution >= 0.6 is 0 Å². The van der Waals surface area contributed by atoms with E-state index >= 15 is 0 Å². The van der Waals surface area contributed by atoms with Gasteiger partial charge < -0.3 is 4.90 Å². The van der Waals surface area contributed by atoms with Crippen molar-refractivity contribution in [3.8, 4) is 11.4 Å². The highest BCUT2D eigenvalue weighted by Gasteiger charge is 2.22. The third-order valence-electron chi connectivity index (χ3n) is 4.65. The van der Waals surface area contributed by atoms with E-state index in [0.717, 1.165) is 47.0 Å². The summed E-state index contributed by atoms with van der Waals surface area (Å²) in [6.07, 6.45) is 2.41. The Kier molecular flexibility index (Phi) is 2.98. The molecule has 1 saturated heterocycles. The number of anilines is 1. The lowest BCUT2D eigenvalue weighted by Gasteiger charge is -2.19. The summed E-state index contributed by atoms with van der Waals surface area (Å²) in [7, 11) is 0. The number of hydrogen-bond acceptors (Lipinski definition) is 4. The van der Waals surface area contributed by atoms with Gasteiger partial charge in [-0.3, -0.25) is 0 Å². The third-order valence-corrected chi connectivity index (χ3v) is 4.65. The molecule has 0 unspecified atom stereocenters. The summed E-state index contributed by atoms with van der Waals surface area (Å²) in [5.74, 6) is 1.80. The fraction of sp³-hybridized carbons (Fsp3) is 0.211. The second-order valence-electron chi connectivity index (χ2n) is 6.17. The molecular formula is C19H17N5. The van der Waals surface area contributed by atoms with E-state index in [0.29, 0.717) is 0 Å². The van der Waals surface area contributed by atoms with Crippen LogP contribution in [0.2, 0.25) is 0 Å². The molecule has 0 N–H and O–H groups in total. The van der Waals surface area contributed by atoms with Gasteiger partial charge in [-0.1, -0.05) is 42.5 Å². The molecule has 1 fully saturated rings. The number of hydrogen-bond donors (Lipinski definition) is 0. The number of nitrogens with zero attached hydrogens (tertiary/aromatic N) is 5. The van der Waals surface area contributed by atoms with Crippen LogP contribution in [0.5, 0.6) is 0 Å². The molecular weight excluding hydrogens is 298 g/mol. The van der Waals surface area contributed by atoms with Crippen molar-refractivity contribution < 1.29 is 0 Å². The maximum absolute atomic E-state index is 4.95. The number of para-hydroxylation sites is 1. The Morgan fingerprint density at radius 3 is 2.38 bits per heavy atom. The lowest BCUT2D eigenvalue weighted by atomic mass is 10.2. The minimum Gasteiger partial charge on any atom is -0.342 e. The zero-order valence-corrected chi connectivity index (χ0v) is 13.3. The van der Waals surface area contributed by atoms with Crippen molar-refractivity contribution >= 4 is 22.5 Å². The molecule has 0 spiro atoms. The molecule has 1 aliphatic rings. The smallest absolute Gasteiger partial charge is 0.213 e. The van der Waals surface area contributed by atoms with Gasteiger partial charge in [-0.05, 0) is 25.0 Å². The van der Waals surface area contributed by atoms with Gasteiger partial charge in [0.2, 0.25) is 5.95 Å². The van der Waals surface area contributed by atoms with Crippen molar-refractivity contribution in [2.75, 3.05) is 18.0 Å². The second-order valence-corrected chi connectivity index (χ2v) is 6.17. The summed E-state index contributed by atoms with van der Waals surface area (Å²) in [6.45, 7) is 2.07. The molecule has 5 heteroatoms. The van der Waals surface area contributed by atoms with Crippen LogP contribution < -0.4 is 4.90 Å². The maximum Gasteiger partial charge on any atom is 0.213 e. The van der Waals surface area contributed by atoms with E-state index in [1.807, 2.05) is 36.4 Å². The largest absolute Gasteiger partial charge is 0.342 e. The minimum atomic E-state index is 0.853. The average molecular weight is 315 g/mol. The van der Waals surface area contributed by atoms with Crippen molar-refractivity contribution in [3.05, 3.63) is 54.6 Å². The van der Waals surface area contributed by atoms with Crippen molar-refractivity contribution in [2.45, 2.75) is 12.8 Å². The van der Waals surface area contributed by atoms with E-state index in [-0.39, 0.29) is 0 Å². The van der Waals surface area contributed by atoms with E-state index in [4.69, 9.17) is 4.98 Å². The van der Waals surface area contributed by atoms with Crippen LogP contribution in [0.25, 0.3) is 27.9 Å². The van der Waals surface area contributed by atoms with Gasteiger partial charge >= 0.3 is 0 Å². The Balaban J connectivity index is 1.87. The zero-order valence-electron chi connectivity index (χ0n) is 13.3. The van der Waals surface area contributed by atoms with Crippen LogP contribution in [0.15, 0.2) is 54.6 Å². The van der Waals surface area contributed by atoms with Gasteiger partial charge in [-0.2, -0.15) is 0 Å². The molecule has 118 valence electrons. The van der Waals surface area contributed by atoms with Crippen molar-refractivity contribution in [2.24, 2.45) is 0 Å². The molecule has 1 aliphatic heterocycles. The fourth-order valence-corrected chi connectivity index (χ4v) is 3.47. The molecule has 5 rings (SSSR count). The van der Waals surface area contributed by atoms with Crippen LogP contribution in [0.3, 0.4) is 0 Å². The highest BCUT2D eigenvalue weighted by Crippen LogP contribution is 2.29. The first kappa shape index (κ1) is 13.5. The van der Waals surface area contributed by atoms with Gasteiger partial charge in [-0.25, -0.2) is 9.38 Å². The molecule has 2 aromatic heterocycles. The molecule has 0 bridgehead atoms. The molecule has 3 heterocycles. The lowest BCUT2D eigenvalue weighted by molar-refractivity contribution is 0.887. The van der Waals surface area contributed by atoms with Crippen LogP contribution in [0, 0.1) is 0 Å². The standard InChI is InChI=1S/C19H17N5/c1-2-8-14(9-3-1)17-21-22-18-15-10-4-5-11-16(15)20-19(24(17)18)23-12-6-7-13-23/h1-5,8-11H,6-7,12-13H2. The van der Waals surface area contributed by atoms with Crippen LogP contribution in [0.4, 0.5) is 5.95 Å². The summed E-state index contributed by atoms with van der Waals surface area (Å²) in [6, 6.07) is 18.4. The maximum atomic E-state index is 4.95. The fourth-order valence-electron chi connectivity index (χ4n) is 3.47. The summed E-state index contributed by atoms with van der Waals surface area (Å²) in [4.78, 5) is 7.30. The molecule has 4 aromatic rings. The Labute approximate surface area is 139 Å². The molecule has 2 aromatic carbocycles. The van der Waals surface area contributed by atoms with Gasteiger partial charge in [0, 0.05) is 24.0 Å². The van der Waals surface area contributed by atoms with E-state index < -0.39 is 0 Å². The zero-order chi connectivity index (χ0) is 15.9.